The van der Waals surface area contributed by atoms with Crippen molar-refractivity contribution in [1.82, 2.24) is 4.72 Å². The Kier molecular flexibility index (Phi) is 6.54. The summed E-state index contributed by atoms with van der Waals surface area (Å²) >= 11 is 0. The van der Waals surface area contributed by atoms with Crippen LogP contribution in [0.1, 0.15) is 12.5 Å². The van der Waals surface area contributed by atoms with Gasteiger partial charge in [-0.1, -0.05) is 6.07 Å². The first-order valence-electron chi connectivity index (χ1n) is 8.03. The maximum absolute atomic E-state index is 12.3. The summed E-state index contributed by atoms with van der Waals surface area (Å²) < 4.78 is 32.0. The Hall–Kier alpha value is -2.91. The molecule has 3 N–H and O–H groups in total. The van der Waals surface area contributed by atoms with E-state index < -0.39 is 22.5 Å². The number of hydrogen-bond donors (Lipinski definition) is 3. The van der Waals surface area contributed by atoms with Gasteiger partial charge >= 0.3 is 0 Å². The first-order valence-corrected chi connectivity index (χ1v) is 9.51. The molecule has 0 atom stereocenters. The van der Waals surface area contributed by atoms with Gasteiger partial charge in [0.25, 0.3) is 0 Å². The molecule has 0 saturated carbocycles. The van der Waals surface area contributed by atoms with Crippen molar-refractivity contribution in [2.75, 3.05) is 24.3 Å². The van der Waals surface area contributed by atoms with Crippen molar-refractivity contribution in [3.05, 3.63) is 48.0 Å². The number of hydrogen-bond acceptors (Lipinski definition) is 5. The van der Waals surface area contributed by atoms with Gasteiger partial charge in [0.05, 0.1) is 24.2 Å². The van der Waals surface area contributed by atoms with Gasteiger partial charge in [0, 0.05) is 12.6 Å². The van der Waals surface area contributed by atoms with Crippen molar-refractivity contribution in [1.29, 1.82) is 0 Å². The number of nitrogens with one attached hydrogen (secondary N) is 3. The zero-order valence-corrected chi connectivity index (χ0v) is 16.0. The number of methoxy groups -OCH3 is 1. The number of amides is 2. The second-order valence-corrected chi connectivity index (χ2v) is 7.55. The lowest BCUT2D eigenvalue weighted by Crippen LogP contribution is -2.33. The Morgan fingerprint density at radius 3 is 2.30 bits per heavy atom. The van der Waals surface area contributed by atoms with Crippen LogP contribution in [0.3, 0.4) is 0 Å². The Morgan fingerprint density at radius 1 is 1.04 bits per heavy atom. The number of anilines is 2. The third-order valence-electron chi connectivity index (χ3n) is 3.54. The van der Waals surface area contributed by atoms with Crippen LogP contribution in [0.2, 0.25) is 0 Å². The molecule has 0 spiro atoms. The summed E-state index contributed by atoms with van der Waals surface area (Å²) in [7, 11) is -2.39. The molecular formula is C18H21N3O5S. The molecule has 27 heavy (non-hydrogen) atoms. The van der Waals surface area contributed by atoms with Gasteiger partial charge in [-0.3, -0.25) is 9.59 Å². The van der Waals surface area contributed by atoms with Crippen molar-refractivity contribution < 1.29 is 22.7 Å². The van der Waals surface area contributed by atoms with Crippen molar-refractivity contribution in [3.63, 3.8) is 0 Å². The van der Waals surface area contributed by atoms with E-state index in [2.05, 4.69) is 15.4 Å². The van der Waals surface area contributed by atoms with Crippen LogP contribution in [-0.4, -0.2) is 33.9 Å². The van der Waals surface area contributed by atoms with E-state index in [-0.39, 0.29) is 10.8 Å². The van der Waals surface area contributed by atoms with Gasteiger partial charge in [-0.05, 0) is 48.9 Å². The van der Waals surface area contributed by atoms with E-state index in [1.165, 1.54) is 38.3 Å². The quantitative estimate of drug-likeness (QED) is 0.667. The van der Waals surface area contributed by atoms with E-state index in [4.69, 9.17) is 4.74 Å². The molecule has 0 saturated heterocycles. The molecule has 0 aromatic heterocycles. The van der Waals surface area contributed by atoms with Crippen molar-refractivity contribution in [2.24, 2.45) is 0 Å². The van der Waals surface area contributed by atoms with Crippen molar-refractivity contribution in [2.45, 2.75) is 18.7 Å². The summed E-state index contributed by atoms with van der Waals surface area (Å²) in [5.41, 5.74) is 1.86. The van der Waals surface area contributed by atoms with Gasteiger partial charge in [-0.25, -0.2) is 13.1 Å². The summed E-state index contributed by atoms with van der Waals surface area (Å²) in [5.74, 6) is -0.310. The Bertz CT molecular complexity index is 940. The number of rotatable bonds is 7. The summed E-state index contributed by atoms with van der Waals surface area (Å²) in [4.78, 5) is 23.1. The normalized spacial score (nSPS) is 10.9. The number of sulfonamides is 1. The lowest BCUT2D eigenvalue weighted by Gasteiger charge is -2.12. The number of carbonyl (C=O) groups excluding carboxylic acids is 2. The Balaban J connectivity index is 2.01. The maximum atomic E-state index is 12.3. The number of carbonyl (C=O) groups is 2. The van der Waals surface area contributed by atoms with Crippen LogP contribution < -0.4 is 20.1 Å². The zero-order chi connectivity index (χ0) is 20.0. The molecule has 144 valence electrons. The van der Waals surface area contributed by atoms with E-state index in [1.807, 2.05) is 13.0 Å². The Morgan fingerprint density at radius 2 is 1.70 bits per heavy atom. The summed E-state index contributed by atoms with van der Waals surface area (Å²) in [5, 5.41) is 5.16. The summed E-state index contributed by atoms with van der Waals surface area (Å²) in [6.07, 6.45) is 0. The smallest absolute Gasteiger partial charge is 0.241 e. The zero-order valence-electron chi connectivity index (χ0n) is 15.2. The highest BCUT2D eigenvalue weighted by Gasteiger charge is 2.16. The molecule has 0 heterocycles. The molecule has 0 radical (unpaired) electrons. The second kappa shape index (κ2) is 8.65. The van der Waals surface area contributed by atoms with Crippen LogP contribution in [0.15, 0.2) is 47.4 Å². The molecule has 2 amide bonds. The fraction of sp³-hybridized carbons (Fsp3) is 0.222. The minimum atomic E-state index is -3.87. The fourth-order valence-electron chi connectivity index (χ4n) is 2.28. The minimum absolute atomic E-state index is 0.0162. The van der Waals surface area contributed by atoms with Gasteiger partial charge in [-0.15, -0.1) is 0 Å². The lowest BCUT2D eigenvalue weighted by molar-refractivity contribution is -0.115. The van der Waals surface area contributed by atoms with Gasteiger partial charge in [0.1, 0.15) is 5.75 Å². The lowest BCUT2D eigenvalue weighted by atomic mass is 10.2. The molecule has 2 aromatic rings. The van der Waals surface area contributed by atoms with Crippen LogP contribution in [0, 0.1) is 6.92 Å². The van der Waals surface area contributed by atoms with Crippen LogP contribution in [-0.2, 0) is 19.6 Å². The molecule has 0 aliphatic carbocycles. The highest BCUT2D eigenvalue weighted by atomic mass is 32.2. The highest BCUT2D eigenvalue weighted by molar-refractivity contribution is 7.89. The van der Waals surface area contributed by atoms with E-state index in [1.54, 1.807) is 12.1 Å². The molecule has 8 nitrogen and oxygen atoms in total. The summed E-state index contributed by atoms with van der Waals surface area (Å²) in [6.45, 7) is 2.78. The largest absolute Gasteiger partial charge is 0.495 e. The van der Waals surface area contributed by atoms with Crippen LogP contribution in [0.25, 0.3) is 0 Å². The first kappa shape index (κ1) is 20.4. The number of benzene rings is 2. The van der Waals surface area contributed by atoms with E-state index in [0.717, 1.165) is 5.56 Å². The molecular weight excluding hydrogens is 370 g/mol. The average Bonchev–Trinajstić information content (AvgIpc) is 2.60. The molecule has 0 fully saturated rings. The van der Waals surface area contributed by atoms with Gasteiger partial charge < -0.3 is 15.4 Å². The SMILES string of the molecule is COc1ccc(C)cc1NC(=O)CNS(=O)(=O)c1ccc(NC(C)=O)cc1. The molecule has 0 unspecified atom stereocenters. The monoisotopic (exact) mass is 391 g/mol. The average molecular weight is 391 g/mol. The van der Waals surface area contributed by atoms with Crippen LogP contribution >= 0.6 is 0 Å². The van der Waals surface area contributed by atoms with Gasteiger partial charge in [0.2, 0.25) is 21.8 Å². The van der Waals surface area contributed by atoms with Gasteiger partial charge in [-0.2, -0.15) is 0 Å². The number of aryl methyl sites for hydroxylation is 1. The van der Waals surface area contributed by atoms with Gasteiger partial charge in [0.15, 0.2) is 0 Å². The van der Waals surface area contributed by atoms with E-state index in [0.29, 0.717) is 17.1 Å². The molecule has 0 aliphatic heterocycles. The molecule has 2 aromatic carbocycles. The predicted octanol–water partition coefficient (Wildman–Crippen LogP) is 1.88. The molecule has 9 heteroatoms. The van der Waals surface area contributed by atoms with Crippen molar-refractivity contribution >= 4 is 33.2 Å². The Labute approximate surface area is 158 Å². The fourth-order valence-corrected chi connectivity index (χ4v) is 3.26. The highest BCUT2D eigenvalue weighted by Crippen LogP contribution is 2.25. The maximum Gasteiger partial charge on any atom is 0.241 e. The minimum Gasteiger partial charge on any atom is -0.495 e. The first-order chi connectivity index (χ1) is 12.7. The molecule has 0 bridgehead atoms. The van der Waals surface area contributed by atoms with Crippen molar-refractivity contribution in [3.8, 4) is 5.75 Å². The predicted molar refractivity (Wildman–Crippen MR) is 102 cm³/mol. The molecule has 0 aliphatic rings. The molecule has 2 rings (SSSR count). The third-order valence-corrected chi connectivity index (χ3v) is 4.95. The topological polar surface area (TPSA) is 114 Å². The third kappa shape index (κ3) is 5.80. The van der Waals surface area contributed by atoms with E-state index >= 15 is 0 Å². The van der Waals surface area contributed by atoms with Crippen LogP contribution in [0.5, 0.6) is 5.75 Å². The summed E-state index contributed by atoms with van der Waals surface area (Å²) in [6, 6.07) is 10.9. The second-order valence-electron chi connectivity index (χ2n) is 5.78. The van der Waals surface area contributed by atoms with Crippen LogP contribution in [0.4, 0.5) is 11.4 Å². The standard InChI is InChI=1S/C18H21N3O5S/c1-12-4-9-17(26-3)16(10-12)21-18(23)11-19-27(24,25)15-7-5-14(6-8-15)20-13(2)22/h4-10,19H,11H2,1-3H3,(H,20,22)(H,21,23). The number of ether oxygens (including phenoxy) is 1. The van der Waals surface area contributed by atoms with E-state index in [9.17, 15) is 18.0 Å².